The summed E-state index contributed by atoms with van der Waals surface area (Å²) in [6.45, 7) is 11.6. The molecule has 0 spiro atoms. The third kappa shape index (κ3) is 11.2. The first kappa shape index (κ1) is 18.1. The molecule has 0 radical (unpaired) electrons. The van der Waals surface area contributed by atoms with Gasteiger partial charge in [0.2, 0.25) is 0 Å². The van der Waals surface area contributed by atoms with Crippen molar-refractivity contribution in [1.82, 2.24) is 5.48 Å². The molecule has 0 heterocycles. The fourth-order valence-electron chi connectivity index (χ4n) is 1.11. The Balaban J connectivity index is 3.97. The number of rotatable bonds is 6. The zero-order chi connectivity index (χ0) is 14.4. The Labute approximate surface area is 124 Å². The van der Waals surface area contributed by atoms with Crippen molar-refractivity contribution in [3.05, 3.63) is 0 Å². The van der Waals surface area contributed by atoms with Crippen molar-refractivity contribution < 1.29 is 14.4 Å². The minimum Gasteiger partial charge on any atom is -0.460 e. The predicted molar refractivity (Wildman–Crippen MR) is 81.7 cm³/mol. The number of alkyl halides is 1. The molecular formula is C13H26INO3. The van der Waals surface area contributed by atoms with E-state index in [1.807, 2.05) is 41.5 Å². The van der Waals surface area contributed by atoms with Gasteiger partial charge in [0.05, 0.1) is 5.60 Å². The van der Waals surface area contributed by atoms with Crippen LogP contribution in [-0.4, -0.2) is 27.6 Å². The SMILES string of the molecule is CC(C)(C)ON[C@@H](CI)CCC(=O)OC(C)(C)C. The molecular weight excluding hydrogens is 345 g/mol. The van der Waals surface area contributed by atoms with Crippen LogP contribution in [0.25, 0.3) is 0 Å². The monoisotopic (exact) mass is 371 g/mol. The molecule has 0 aliphatic heterocycles. The molecule has 0 bridgehead atoms. The molecule has 0 aromatic rings. The van der Waals surface area contributed by atoms with Gasteiger partial charge in [-0.1, -0.05) is 22.6 Å². The normalized spacial score (nSPS) is 14.4. The number of esters is 1. The van der Waals surface area contributed by atoms with Gasteiger partial charge in [-0.2, -0.15) is 5.48 Å². The molecule has 0 fully saturated rings. The summed E-state index contributed by atoms with van der Waals surface area (Å²) in [5.41, 5.74) is 2.38. The number of hydrogen-bond acceptors (Lipinski definition) is 4. The Morgan fingerprint density at radius 2 is 1.72 bits per heavy atom. The maximum Gasteiger partial charge on any atom is 0.306 e. The largest absolute Gasteiger partial charge is 0.460 e. The van der Waals surface area contributed by atoms with Crippen molar-refractivity contribution in [2.75, 3.05) is 4.43 Å². The van der Waals surface area contributed by atoms with Crippen molar-refractivity contribution in [3.8, 4) is 0 Å². The van der Waals surface area contributed by atoms with E-state index in [4.69, 9.17) is 9.57 Å². The van der Waals surface area contributed by atoms with Crippen molar-refractivity contribution in [1.29, 1.82) is 0 Å². The smallest absolute Gasteiger partial charge is 0.306 e. The number of ether oxygens (including phenoxy) is 1. The molecule has 0 aliphatic carbocycles. The summed E-state index contributed by atoms with van der Waals surface area (Å²) < 4.78 is 6.15. The standard InChI is InChI=1S/C13H26INO3/c1-12(2,3)17-11(16)8-7-10(9-14)15-18-13(4,5)6/h10,15H,7-9H2,1-6H3/t10-/m1/s1. The zero-order valence-electron chi connectivity index (χ0n) is 12.3. The Hall–Kier alpha value is 0.120. The average Bonchev–Trinajstić information content (AvgIpc) is 2.13. The molecule has 0 aliphatic rings. The van der Waals surface area contributed by atoms with Gasteiger partial charge in [-0.25, -0.2) is 0 Å². The first-order chi connectivity index (χ1) is 8.03. The van der Waals surface area contributed by atoms with E-state index in [0.29, 0.717) is 12.8 Å². The Kier molecular flexibility index (Phi) is 7.70. The zero-order valence-corrected chi connectivity index (χ0v) is 14.5. The van der Waals surface area contributed by atoms with Crippen LogP contribution in [0.15, 0.2) is 0 Å². The van der Waals surface area contributed by atoms with Gasteiger partial charge in [0.25, 0.3) is 0 Å². The van der Waals surface area contributed by atoms with Gasteiger partial charge >= 0.3 is 5.97 Å². The van der Waals surface area contributed by atoms with Gasteiger partial charge in [0, 0.05) is 16.9 Å². The van der Waals surface area contributed by atoms with Gasteiger partial charge in [0.1, 0.15) is 5.60 Å². The third-order valence-electron chi connectivity index (χ3n) is 1.83. The highest BCUT2D eigenvalue weighted by molar-refractivity contribution is 14.1. The van der Waals surface area contributed by atoms with Crippen molar-refractivity contribution >= 4 is 28.6 Å². The average molecular weight is 371 g/mol. The number of hydroxylamine groups is 1. The van der Waals surface area contributed by atoms with E-state index in [1.165, 1.54) is 0 Å². The second-order valence-corrected chi connectivity index (χ2v) is 7.19. The van der Waals surface area contributed by atoms with Gasteiger partial charge in [-0.3, -0.25) is 9.63 Å². The fraction of sp³-hybridized carbons (Fsp3) is 0.923. The fourth-order valence-corrected chi connectivity index (χ4v) is 1.73. The van der Waals surface area contributed by atoms with E-state index >= 15 is 0 Å². The molecule has 0 aromatic carbocycles. The van der Waals surface area contributed by atoms with Crippen LogP contribution >= 0.6 is 22.6 Å². The predicted octanol–water partition coefficient (Wildman–Crippen LogP) is 3.23. The van der Waals surface area contributed by atoms with Crippen LogP contribution in [0.2, 0.25) is 0 Å². The summed E-state index contributed by atoms with van der Waals surface area (Å²) in [6, 6.07) is 0.164. The second-order valence-electron chi connectivity index (χ2n) is 6.31. The molecule has 4 nitrogen and oxygen atoms in total. The van der Waals surface area contributed by atoms with Crippen molar-refractivity contribution in [2.45, 2.75) is 71.6 Å². The van der Waals surface area contributed by atoms with E-state index in [1.54, 1.807) is 0 Å². The number of carbonyl (C=O) groups excluding carboxylic acids is 1. The summed E-state index contributed by atoms with van der Waals surface area (Å²) in [5, 5.41) is 0. The molecule has 18 heavy (non-hydrogen) atoms. The van der Waals surface area contributed by atoms with Crippen LogP contribution in [0.1, 0.15) is 54.4 Å². The topological polar surface area (TPSA) is 47.6 Å². The van der Waals surface area contributed by atoms with Gasteiger partial charge < -0.3 is 4.74 Å². The van der Waals surface area contributed by atoms with E-state index in [-0.39, 0.29) is 17.6 Å². The van der Waals surface area contributed by atoms with E-state index in [0.717, 1.165) is 4.43 Å². The first-order valence-corrected chi connectivity index (χ1v) is 7.77. The number of halogens is 1. The lowest BCUT2D eigenvalue weighted by Gasteiger charge is -2.24. The van der Waals surface area contributed by atoms with Gasteiger partial charge in [-0.15, -0.1) is 0 Å². The molecule has 0 aromatic heterocycles. The Bertz CT molecular complexity index is 256. The van der Waals surface area contributed by atoms with Crippen LogP contribution < -0.4 is 5.48 Å². The molecule has 0 saturated carbocycles. The lowest BCUT2D eigenvalue weighted by Crippen LogP contribution is -2.38. The van der Waals surface area contributed by atoms with Crippen molar-refractivity contribution in [3.63, 3.8) is 0 Å². The van der Waals surface area contributed by atoms with Crippen LogP contribution in [0.3, 0.4) is 0 Å². The van der Waals surface area contributed by atoms with Crippen LogP contribution in [0, 0.1) is 0 Å². The summed E-state index contributed by atoms with van der Waals surface area (Å²) in [6.07, 6.45) is 1.12. The minimum atomic E-state index is -0.410. The van der Waals surface area contributed by atoms with E-state index in [9.17, 15) is 4.79 Å². The highest BCUT2D eigenvalue weighted by atomic mass is 127. The molecule has 0 rings (SSSR count). The highest BCUT2D eigenvalue weighted by Gasteiger charge is 2.19. The van der Waals surface area contributed by atoms with Crippen LogP contribution in [-0.2, 0) is 14.4 Å². The molecule has 1 atom stereocenters. The molecule has 108 valence electrons. The minimum absolute atomic E-state index is 0.157. The second kappa shape index (κ2) is 7.65. The Morgan fingerprint density at radius 1 is 1.17 bits per heavy atom. The molecule has 0 amide bonds. The van der Waals surface area contributed by atoms with Crippen LogP contribution in [0.5, 0.6) is 0 Å². The molecule has 0 unspecified atom stereocenters. The summed E-state index contributed by atoms with van der Waals surface area (Å²) >= 11 is 2.28. The molecule has 0 saturated heterocycles. The first-order valence-electron chi connectivity index (χ1n) is 6.25. The summed E-state index contributed by atoms with van der Waals surface area (Å²) in [7, 11) is 0. The maximum atomic E-state index is 11.6. The summed E-state index contributed by atoms with van der Waals surface area (Å²) in [4.78, 5) is 17.1. The number of hydrogen-bond donors (Lipinski definition) is 1. The number of nitrogens with one attached hydrogen (secondary N) is 1. The number of carbonyl (C=O) groups is 1. The van der Waals surface area contributed by atoms with Gasteiger partial charge in [-0.05, 0) is 48.0 Å². The Morgan fingerprint density at radius 3 is 2.11 bits per heavy atom. The molecule has 1 N–H and O–H groups in total. The van der Waals surface area contributed by atoms with Gasteiger partial charge in [0.15, 0.2) is 0 Å². The van der Waals surface area contributed by atoms with Crippen molar-refractivity contribution in [2.24, 2.45) is 0 Å². The summed E-state index contributed by atoms with van der Waals surface area (Å²) in [5.74, 6) is -0.157. The third-order valence-corrected chi connectivity index (χ3v) is 2.90. The van der Waals surface area contributed by atoms with E-state index < -0.39 is 5.60 Å². The maximum absolute atomic E-state index is 11.6. The highest BCUT2D eigenvalue weighted by Crippen LogP contribution is 2.12. The lowest BCUT2D eigenvalue weighted by molar-refractivity contribution is -0.155. The van der Waals surface area contributed by atoms with E-state index in [2.05, 4.69) is 28.1 Å². The quantitative estimate of drug-likeness (QED) is 0.337. The lowest BCUT2D eigenvalue weighted by atomic mass is 10.1. The molecule has 5 heteroatoms. The van der Waals surface area contributed by atoms with Crippen LogP contribution in [0.4, 0.5) is 0 Å².